The van der Waals surface area contributed by atoms with Crippen LogP contribution in [0.15, 0.2) is 49.2 Å². The summed E-state index contributed by atoms with van der Waals surface area (Å²) in [6.45, 7) is 2.30. The molecule has 1 saturated heterocycles. The van der Waals surface area contributed by atoms with E-state index >= 15 is 0 Å². The van der Waals surface area contributed by atoms with Gasteiger partial charge in [0.05, 0.1) is 29.5 Å². The van der Waals surface area contributed by atoms with E-state index in [1.807, 2.05) is 13.0 Å². The SMILES string of the molecule is CNC(=O)c1c(F)cnc2c(C(C)CNc3cc(-c4cnc(NC5CCN(CC(F)(F)F)CC5)nc4)ncn3)cccc12. The summed E-state index contributed by atoms with van der Waals surface area (Å²) < 4.78 is 52.3. The van der Waals surface area contributed by atoms with Crippen molar-refractivity contribution in [2.75, 3.05) is 43.9 Å². The van der Waals surface area contributed by atoms with E-state index in [0.717, 1.165) is 11.8 Å². The van der Waals surface area contributed by atoms with Crippen LogP contribution in [0.25, 0.3) is 22.2 Å². The average Bonchev–Trinajstić information content (AvgIpc) is 3.00. The maximum absolute atomic E-state index is 14.4. The molecule has 0 saturated carbocycles. The number of halogens is 4. The van der Waals surface area contributed by atoms with Crippen molar-refractivity contribution in [3.63, 3.8) is 0 Å². The minimum absolute atomic E-state index is 0.00137. The van der Waals surface area contributed by atoms with E-state index in [0.29, 0.717) is 66.4 Å². The molecule has 4 heterocycles. The zero-order chi connectivity index (χ0) is 30.6. The van der Waals surface area contributed by atoms with E-state index in [9.17, 15) is 22.4 Å². The first kappa shape index (κ1) is 30.0. The van der Waals surface area contributed by atoms with Gasteiger partial charge >= 0.3 is 6.18 Å². The van der Waals surface area contributed by atoms with Gasteiger partial charge < -0.3 is 16.0 Å². The second-order valence-corrected chi connectivity index (χ2v) is 10.5. The monoisotopic (exact) mass is 597 g/mol. The quantitative estimate of drug-likeness (QED) is 0.237. The van der Waals surface area contributed by atoms with Gasteiger partial charge in [0.25, 0.3) is 5.91 Å². The average molecular weight is 598 g/mol. The van der Waals surface area contributed by atoms with Crippen LogP contribution >= 0.6 is 0 Å². The van der Waals surface area contributed by atoms with Gasteiger partial charge in [0, 0.05) is 68.1 Å². The first-order valence-corrected chi connectivity index (χ1v) is 13.8. The second kappa shape index (κ2) is 12.8. The lowest BCUT2D eigenvalue weighted by atomic mass is 9.96. The van der Waals surface area contributed by atoms with Crippen LogP contribution in [0.1, 0.15) is 41.6 Å². The summed E-state index contributed by atoms with van der Waals surface area (Å²) in [5.74, 6) is -0.274. The van der Waals surface area contributed by atoms with Crippen molar-refractivity contribution in [1.29, 1.82) is 0 Å². The summed E-state index contributed by atoms with van der Waals surface area (Å²) in [5.41, 5.74) is 2.65. The van der Waals surface area contributed by atoms with E-state index in [2.05, 4.69) is 40.9 Å². The van der Waals surface area contributed by atoms with Crippen molar-refractivity contribution >= 4 is 28.6 Å². The molecule has 4 aromatic rings. The zero-order valence-electron chi connectivity index (χ0n) is 23.6. The van der Waals surface area contributed by atoms with Crippen LogP contribution in [0.2, 0.25) is 0 Å². The van der Waals surface area contributed by atoms with Crippen molar-refractivity contribution < 1.29 is 22.4 Å². The molecule has 3 N–H and O–H groups in total. The predicted molar refractivity (Wildman–Crippen MR) is 154 cm³/mol. The number of fused-ring (bicyclic) bond motifs is 1. The molecule has 3 aromatic heterocycles. The number of para-hydroxylation sites is 1. The number of nitrogens with one attached hydrogen (secondary N) is 3. The molecule has 1 fully saturated rings. The maximum atomic E-state index is 14.4. The fraction of sp³-hybridized carbons (Fsp3) is 0.379. The van der Waals surface area contributed by atoms with Crippen molar-refractivity contribution in [3.05, 3.63) is 66.1 Å². The van der Waals surface area contributed by atoms with E-state index in [1.54, 1.807) is 30.6 Å². The van der Waals surface area contributed by atoms with Crippen LogP contribution in [0.4, 0.5) is 29.3 Å². The summed E-state index contributed by atoms with van der Waals surface area (Å²) >= 11 is 0. The molecular formula is C29H31F4N9O. The summed E-state index contributed by atoms with van der Waals surface area (Å²) in [5, 5.41) is 9.43. The van der Waals surface area contributed by atoms with Gasteiger partial charge in [-0.25, -0.2) is 24.3 Å². The predicted octanol–water partition coefficient (Wildman–Crippen LogP) is 4.63. The number of hydrogen-bond acceptors (Lipinski definition) is 9. The van der Waals surface area contributed by atoms with Gasteiger partial charge in [-0.15, -0.1) is 0 Å². The molecule has 1 aliphatic rings. The van der Waals surface area contributed by atoms with Crippen LogP contribution in [0, 0.1) is 5.82 Å². The highest BCUT2D eigenvalue weighted by atomic mass is 19.4. The maximum Gasteiger partial charge on any atom is 0.401 e. The van der Waals surface area contributed by atoms with E-state index in [1.165, 1.54) is 18.3 Å². The minimum Gasteiger partial charge on any atom is -0.369 e. The lowest BCUT2D eigenvalue weighted by Gasteiger charge is -2.32. The fourth-order valence-electron chi connectivity index (χ4n) is 5.16. The van der Waals surface area contributed by atoms with Gasteiger partial charge in [0.1, 0.15) is 12.1 Å². The smallest absolute Gasteiger partial charge is 0.369 e. The zero-order valence-corrected chi connectivity index (χ0v) is 23.6. The van der Waals surface area contributed by atoms with Crippen LogP contribution in [-0.4, -0.2) is 81.2 Å². The van der Waals surface area contributed by atoms with Crippen molar-refractivity contribution in [2.45, 2.75) is 37.9 Å². The number of carbonyl (C=O) groups is 1. The Bertz CT molecular complexity index is 1580. The number of likely N-dealkylation sites (tertiary alicyclic amines) is 1. The molecule has 0 bridgehead atoms. The summed E-state index contributed by atoms with van der Waals surface area (Å²) in [4.78, 5) is 35.4. The van der Waals surface area contributed by atoms with Gasteiger partial charge in [-0.2, -0.15) is 13.2 Å². The molecule has 1 amide bonds. The number of anilines is 2. The minimum atomic E-state index is -4.19. The largest absolute Gasteiger partial charge is 0.401 e. The topological polar surface area (TPSA) is 121 Å². The molecule has 1 aromatic carbocycles. The van der Waals surface area contributed by atoms with Crippen LogP contribution in [0.3, 0.4) is 0 Å². The Morgan fingerprint density at radius 2 is 1.81 bits per heavy atom. The molecule has 5 rings (SSSR count). The first-order valence-electron chi connectivity index (χ1n) is 13.8. The highest BCUT2D eigenvalue weighted by Gasteiger charge is 2.32. The molecule has 226 valence electrons. The summed E-state index contributed by atoms with van der Waals surface area (Å²) in [7, 11) is 1.45. The molecule has 10 nitrogen and oxygen atoms in total. The second-order valence-electron chi connectivity index (χ2n) is 10.5. The molecule has 1 aliphatic heterocycles. The highest BCUT2D eigenvalue weighted by molar-refractivity contribution is 6.06. The van der Waals surface area contributed by atoms with Crippen molar-refractivity contribution in [3.8, 4) is 11.3 Å². The summed E-state index contributed by atoms with van der Waals surface area (Å²) in [6.07, 6.45) is 2.71. The van der Waals surface area contributed by atoms with E-state index in [4.69, 9.17) is 0 Å². The molecule has 0 aliphatic carbocycles. The van der Waals surface area contributed by atoms with Crippen molar-refractivity contribution in [2.24, 2.45) is 0 Å². The van der Waals surface area contributed by atoms with Gasteiger partial charge in [0.2, 0.25) is 5.95 Å². The number of carbonyl (C=O) groups excluding carboxylic acids is 1. The Morgan fingerprint density at radius 3 is 2.51 bits per heavy atom. The Labute approximate surface area is 245 Å². The van der Waals surface area contributed by atoms with Crippen molar-refractivity contribution in [1.82, 2.24) is 35.1 Å². The number of rotatable bonds is 9. The fourth-order valence-corrected chi connectivity index (χ4v) is 5.16. The number of benzene rings is 1. The third-order valence-electron chi connectivity index (χ3n) is 7.40. The number of pyridine rings is 1. The number of nitrogens with zero attached hydrogens (tertiary/aromatic N) is 6. The molecule has 1 unspecified atom stereocenters. The standard InChI is InChI=1S/C29H31F4N9O/c1-17(20-4-3-5-21-25(27(43)34-2)22(30)14-36-26(20)21)11-35-24-10-23(39-16-40-24)18-12-37-28(38-13-18)41-19-6-8-42(9-7-19)15-29(31,32)33/h3-5,10,12-14,16-17,19H,6-9,11,15H2,1-2H3,(H,34,43)(H,35,39,40)(H,37,38,41). The number of alkyl halides is 3. The van der Waals surface area contributed by atoms with E-state index in [-0.39, 0.29) is 17.5 Å². The number of amides is 1. The van der Waals surface area contributed by atoms with Gasteiger partial charge in [-0.05, 0) is 18.4 Å². The van der Waals surface area contributed by atoms with Crippen LogP contribution in [0.5, 0.6) is 0 Å². The molecule has 0 spiro atoms. The van der Waals surface area contributed by atoms with Gasteiger partial charge in [0.15, 0.2) is 5.82 Å². The Kier molecular flexibility index (Phi) is 8.94. The lowest BCUT2D eigenvalue weighted by molar-refractivity contribution is -0.147. The Balaban J connectivity index is 1.21. The van der Waals surface area contributed by atoms with Crippen LogP contribution < -0.4 is 16.0 Å². The Morgan fingerprint density at radius 1 is 1.07 bits per heavy atom. The van der Waals surface area contributed by atoms with Gasteiger partial charge in [-0.1, -0.05) is 25.1 Å². The third-order valence-corrected chi connectivity index (χ3v) is 7.40. The Hall–Kier alpha value is -4.46. The molecule has 0 radical (unpaired) electrons. The molecule has 14 heteroatoms. The highest BCUT2D eigenvalue weighted by Crippen LogP contribution is 2.28. The molecule has 1 atom stereocenters. The van der Waals surface area contributed by atoms with Gasteiger partial charge in [-0.3, -0.25) is 14.7 Å². The molecular weight excluding hydrogens is 566 g/mol. The number of piperidine rings is 1. The normalized spacial score (nSPS) is 15.3. The lowest BCUT2D eigenvalue weighted by Crippen LogP contribution is -2.43. The third kappa shape index (κ3) is 7.31. The van der Waals surface area contributed by atoms with Crippen LogP contribution in [-0.2, 0) is 0 Å². The van der Waals surface area contributed by atoms with E-state index < -0.39 is 24.4 Å². The first-order chi connectivity index (χ1) is 20.6. The summed E-state index contributed by atoms with van der Waals surface area (Å²) in [6, 6.07) is 7.13. The molecule has 43 heavy (non-hydrogen) atoms. The number of hydrogen-bond donors (Lipinski definition) is 3. The number of aromatic nitrogens is 5.